The second kappa shape index (κ2) is 7.73. The molecule has 1 amide bonds. The van der Waals surface area contributed by atoms with E-state index in [0.717, 1.165) is 31.6 Å². The first-order valence-corrected chi connectivity index (χ1v) is 9.02. The molecule has 2 aromatic rings. The smallest absolute Gasteiger partial charge is 0.255 e. The van der Waals surface area contributed by atoms with Crippen LogP contribution >= 0.6 is 34.8 Å². The van der Waals surface area contributed by atoms with Crippen LogP contribution in [0, 0.1) is 0 Å². The zero-order valence-electron chi connectivity index (χ0n) is 13.6. The molecule has 1 fully saturated rings. The van der Waals surface area contributed by atoms with E-state index in [0.29, 0.717) is 22.0 Å². The summed E-state index contributed by atoms with van der Waals surface area (Å²) in [5.41, 5.74) is 1.87. The fourth-order valence-corrected chi connectivity index (χ4v) is 3.89. The lowest BCUT2D eigenvalue weighted by molar-refractivity contribution is 0.102. The van der Waals surface area contributed by atoms with Crippen LogP contribution in [0.15, 0.2) is 30.3 Å². The highest BCUT2D eigenvalue weighted by Crippen LogP contribution is 2.37. The summed E-state index contributed by atoms with van der Waals surface area (Å²) in [4.78, 5) is 14.9. The fraction of sp³-hybridized carbons (Fsp3) is 0.278. The van der Waals surface area contributed by atoms with E-state index < -0.39 is 0 Å². The van der Waals surface area contributed by atoms with Crippen molar-refractivity contribution in [3.63, 3.8) is 0 Å². The molecule has 0 bridgehead atoms. The first-order valence-electron chi connectivity index (χ1n) is 7.89. The highest BCUT2D eigenvalue weighted by atomic mass is 35.5. The minimum absolute atomic E-state index is 0.283. The van der Waals surface area contributed by atoms with E-state index in [1.165, 1.54) is 19.2 Å². The predicted octanol–water partition coefficient (Wildman–Crippen LogP) is 5.51. The van der Waals surface area contributed by atoms with Gasteiger partial charge >= 0.3 is 0 Å². The van der Waals surface area contributed by atoms with Crippen molar-refractivity contribution in [1.29, 1.82) is 0 Å². The van der Waals surface area contributed by atoms with E-state index in [-0.39, 0.29) is 16.0 Å². The lowest BCUT2D eigenvalue weighted by atomic mass is 10.1. The quantitative estimate of drug-likeness (QED) is 0.737. The Morgan fingerprint density at radius 1 is 1.08 bits per heavy atom. The number of carbonyl (C=O) groups is 1. The van der Waals surface area contributed by atoms with Crippen LogP contribution < -0.4 is 15.0 Å². The second-order valence-corrected chi connectivity index (χ2v) is 6.98. The van der Waals surface area contributed by atoms with Crippen LogP contribution in [0.4, 0.5) is 11.4 Å². The molecule has 7 heteroatoms. The third-order valence-electron chi connectivity index (χ3n) is 4.12. The number of halogens is 3. The summed E-state index contributed by atoms with van der Waals surface area (Å²) in [5.74, 6) is 0.0366. The third kappa shape index (κ3) is 3.81. The molecular formula is C18H17Cl3N2O2. The van der Waals surface area contributed by atoms with Crippen molar-refractivity contribution in [2.45, 2.75) is 12.8 Å². The van der Waals surface area contributed by atoms with Crippen molar-refractivity contribution >= 4 is 52.1 Å². The molecule has 0 spiro atoms. The summed E-state index contributed by atoms with van der Waals surface area (Å²) in [5, 5.41) is 4.10. The van der Waals surface area contributed by atoms with Crippen molar-refractivity contribution < 1.29 is 9.53 Å². The van der Waals surface area contributed by atoms with Gasteiger partial charge in [-0.15, -0.1) is 0 Å². The summed E-state index contributed by atoms with van der Waals surface area (Å²) in [6, 6.07) is 8.53. The molecule has 1 heterocycles. The Labute approximate surface area is 161 Å². The van der Waals surface area contributed by atoms with Crippen molar-refractivity contribution in [2.24, 2.45) is 0 Å². The molecule has 25 heavy (non-hydrogen) atoms. The minimum Gasteiger partial charge on any atom is -0.494 e. The average Bonchev–Trinajstić information content (AvgIpc) is 3.08. The van der Waals surface area contributed by atoms with E-state index >= 15 is 0 Å². The van der Waals surface area contributed by atoms with Crippen LogP contribution in [0.2, 0.25) is 15.1 Å². The molecule has 0 radical (unpaired) electrons. The number of ether oxygens (including phenoxy) is 1. The summed E-state index contributed by atoms with van der Waals surface area (Å²) in [6.07, 6.45) is 2.23. The average molecular weight is 400 g/mol. The lowest BCUT2D eigenvalue weighted by Gasteiger charge is -2.23. The number of carbonyl (C=O) groups excluding carboxylic acids is 1. The Morgan fingerprint density at radius 2 is 1.72 bits per heavy atom. The first-order chi connectivity index (χ1) is 12.0. The number of nitrogens with zero attached hydrogens (tertiary/aromatic N) is 1. The van der Waals surface area contributed by atoms with Crippen LogP contribution in [0.5, 0.6) is 5.75 Å². The van der Waals surface area contributed by atoms with Gasteiger partial charge < -0.3 is 15.0 Å². The maximum atomic E-state index is 12.7. The Bertz CT molecular complexity index is 782. The largest absolute Gasteiger partial charge is 0.494 e. The number of nitrogens with one attached hydrogen (secondary N) is 1. The molecule has 3 rings (SSSR count). The van der Waals surface area contributed by atoms with Crippen molar-refractivity contribution in [2.75, 3.05) is 30.4 Å². The summed E-state index contributed by atoms with van der Waals surface area (Å²) >= 11 is 18.6. The second-order valence-electron chi connectivity index (χ2n) is 5.76. The van der Waals surface area contributed by atoms with E-state index in [1.54, 1.807) is 0 Å². The van der Waals surface area contributed by atoms with E-state index in [1.807, 2.05) is 18.2 Å². The summed E-state index contributed by atoms with van der Waals surface area (Å²) < 4.78 is 5.11. The topological polar surface area (TPSA) is 41.6 Å². The summed E-state index contributed by atoms with van der Waals surface area (Å²) in [6.45, 7) is 1.85. The monoisotopic (exact) mass is 398 g/mol. The maximum Gasteiger partial charge on any atom is 0.255 e. The van der Waals surface area contributed by atoms with Gasteiger partial charge in [-0.25, -0.2) is 0 Å². The maximum absolute atomic E-state index is 12.7. The van der Waals surface area contributed by atoms with Gasteiger partial charge in [0.15, 0.2) is 5.75 Å². The third-order valence-corrected chi connectivity index (χ3v) is 4.99. The molecule has 2 aromatic carbocycles. The molecule has 132 valence electrons. The van der Waals surface area contributed by atoms with Crippen molar-refractivity contribution in [3.05, 3.63) is 51.0 Å². The van der Waals surface area contributed by atoms with Gasteiger partial charge in [0.2, 0.25) is 0 Å². The molecule has 0 aromatic heterocycles. The highest BCUT2D eigenvalue weighted by molar-refractivity contribution is 6.38. The molecule has 1 saturated heterocycles. The normalized spacial score (nSPS) is 13.8. The molecular weight excluding hydrogens is 383 g/mol. The van der Waals surface area contributed by atoms with Gasteiger partial charge in [-0.2, -0.15) is 0 Å². The van der Waals surface area contributed by atoms with Gasteiger partial charge in [-0.3, -0.25) is 4.79 Å². The van der Waals surface area contributed by atoms with Crippen LogP contribution in [0.1, 0.15) is 23.2 Å². The number of anilines is 2. The summed E-state index contributed by atoms with van der Waals surface area (Å²) in [7, 11) is 1.47. The van der Waals surface area contributed by atoms with Crippen molar-refractivity contribution in [1.82, 2.24) is 0 Å². The molecule has 1 aliphatic rings. The number of amides is 1. The number of hydrogen-bond donors (Lipinski definition) is 1. The Morgan fingerprint density at radius 3 is 2.32 bits per heavy atom. The van der Waals surface area contributed by atoms with E-state index in [2.05, 4.69) is 10.2 Å². The Kier molecular flexibility index (Phi) is 5.62. The number of hydrogen-bond acceptors (Lipinski definition) is 3. The zero-order valence-corrected chi connectivity index (χ0v) is 15.9. The van der Waals surface area contributed by atoms with Gasteiger partial charge in [0.25, 0.3) is 5.91 Å². The molecule has 0 unspecified atom stereocenters. The van der Waals surface area contributed by atoms with E-state index in [4.69, 9.17) is 39.5 Å². The van der Waals surface area contributed by atoms with Gasteiger partial charge in [0.05, 0.1) is 33.6 Å². The van der Waals surface area contributed by atoms with Gasteiger partial charge in [0, 0.05) is 18.7 Å². The Balaban J connectivity index is 1.90. The molecule has 1 N–H and O–H groups in total. The van der Waals surface area contributed by atoms with Crippen molar-refractivity contribution in [3.8, 4) is 5.75 Å². The Hall–Kier alpha value is -1.62. The minimum atomic E-state index is -0.311. The number of benzene rings is 2. The molecule has 0 atom stereocenters. The molecule has 0 aliphatic carbocycles. The van der Waals surface area contributed by atoms with Crippen LogP contribution in [-0.4, -0.2) is 26.1 Å². The van der Waals surface area contributed by atoms with E-state index in [9.17, 15) is 4.79 Å². The molecule has 1 aliphatic heterocycles. The standard InChI is InChI=1S/C18H17Cl3N2O2/c1-25-17-13(20)9-11(10-14(17)21)18(24)22-15-6-4-5-12(19)16(15)23-7-2-3-8-23/h4-6,9-10H,2-3,7-8H2,1H3,(H,22,24). The fourth-order valence-electron chi connectivity index (χ4n) is 2.96. The SMILES string of the molecule is COc1c(Cl)cc(C(=O)Nc2cccc(Cl)c2N2CCCC2)cc1Cl. The molecule has 0 saturated carbocycles. The lowest BCUT2D eigenvalue weighted by Crippen LogP contribution is -2.21. The van der Waals surface area contributed by atoms with Gasteiger partial charge in [0.1, 0.15) is 0 Å². The van der Waals surface area contributed by atoms with Gasteiger partial charge in [-0.1, -0.05) is 40.9 Å². The molecule has 4 nitrogen and oxygen atoms in total. The highest BCUT2D eigenvalue weighted by Gasteiger charge is 2.21. The van der Waals surface area contributed by atoms with Gasteiger partial charge in [-0.05, 0) is 37.1 Å². The first kappa shape index (κ1) is 18.2. The number of para-hydroxylation sites is 1. The number of rotatable bonds is 4. The number of methoxy groups -OCH3 is 1. The van der Waals surface area contributed by atoms with Crippen LogP contribution in [0.25, 0.3) is 0 Å². The zero-order chi connectivity index (χ0) is 18.0. The predicted molar refractivity (Wildman–Crippen MR) is 104 cm³/mol. The van der Waals surface area contributed by atoms with Crippen LogP contribution in [0.3, 0.4) is 0 Å². The van der Waals surface area contributed by atoms with Crippen LogP contribution in [-0.2, 0) is 0 Å².